The second-order valence-corrected chi connectivity index (χ2v) is 12.2. The fraction of sp³-hybridized carbons (Fsp3) is 0.323. The maximum atomic E-state index is 14.9. The lowest BCUT2D eigenvalue weighted by Gasteiger charge is -2.32. The van der Waals surface area contributed by atoms with Gasteiger partial charge in [-0.15, -0.1) is 11.3 Å². The Morgan fingerprint density at radius 2 is 2.00 bits per heavy atom. The van der Waals surface area contributed by atoms with Crippen LogP contribution in [0.2, 0.25) is 5.02 Å². The van der Waals surface area contributed by atoms with E-state index in [1.54, 1.807) is 36.3 Å². The van der Waals surface area contributed by atoms with Gasteiger partial charge in [0.15, 0.2) is 11.6 Å². The minimum atomic E-state index is -0.668. The first kappa shape index (κ1) is 30.0. The van der Waals surface area contributed by atoms with Crippen LogP contribution in [0.15, 0.2) is 55.1 Å². The molecule has 0 bridgehead atoms. The van der Waals surface area contributed by atoms with E-state index in [1.807, 2.05) is 40.9 Å². The number of hydrogen-bond donors (Lipinski definition) is 1. The minimum absolute atomic E-state index is 0.0415. The Hall–Kier alpha value is -4.00. The van der Waals surface area contributed by atoms with Gasteiger partial charge < -0.3 is 20.1 Å². The summed E-state index contributed by atoms with van der Waals surface area (Å²) in [5.41, 5.74) is 9.82. The van der Waals surface area contributed by atoms with Crippen molar-refractivity contribution in [2.24, 2.45) is 12.8 Å². The fourth-order valence-electron chi connectivity index (χ4n) is 5.44. The van der Waals surface area contributed by atoms with Crippen LogP contribution in [0.3, 0.4) is 0 Å². The number of benzene rings is 2. The summed E-state index contributed by atoms with van der Waals surface area (Å²) in [6, 6.07) is 10.5. The lowest BCUT2D eigenvalue weighted by molar-refractivity contribution is 0.0934. The predicted octanol–water partition coefficient (Wildman–Crippen LogP) is 6.33. The number of alkyl halides is 1. The fourth-order valence-corrected chi connectivity index (χ4v) is 6.72. The standard InChI is InChI=1S/C31H31ClF2N6O3S/c1-18(22-4-5-23(34)29(28(22)32)43-21-7-10-39(11-8-21)12-9-33)42-26-14-27(44-30(26)31(35)41)40-17-36-24-13-19(3-6-25(24)40)20-15-37-38(2)16-20/h3-6,13-18,21H,7-12H2,1-2H3,(H2,35,41)/t18-/m1/s1. The number of aryl methyl sites for hydroxylation is 1. The van der Waals surface area contributed by atoms with Crippen LogP contribution in [-0.4, -0.2) is 62.6 Å². The van der Waals surface area contributed by atoms with Gasteiger partial charge in [-0.3, -0.25) is 14.0 Å². The minimum Gasteiger partial charge on any atom is -0.486 e. The van der Waals surface area contributed by atoms with Gasteiger partial charge in [0, 0.05) is 50.1 Å². The largest absolute Gasteiger partial charge is 0.486 e. The van der Waals surface area contributed by atoms with Crippen molar-refractivity contribution in [3.63, 3.8) is 0 Å². The molecule has 2 N–H and O–H groups in total. The van der Waals surface area contributed by atoms with Crippen LogP contribution in [0.1, 0.15) is 41.1 Å². The number of hydrogen-bond acceptors (Lipinski definition) is 7. The zero-order valence-electron chi connectivity index (χ0n) is 24.2. The van der Waals surface area contributed by atoms with E-state index < -0.39 is 24.5 Å². The summed E-state index contributed by atoms with van der Waals surface area (Å²) in [4.78, 5) is 19.3. The van der Waals surface area contributed by atoms with E-state index in [0.29, 0.717) is 43.0 Å². The van der Waals surface area contributed by atoms with E-state index in [-0.39, 0.29) is 27.5 Å². The first-order chi connectivity index (χ1) is 21.2. The van der Waals surface area contributed by atoms with Crippen LogP contribution >= 0.6 is 22.9 Å². The van der Waals surface area contributed by atoms with E-state index in [2.05, 4.69) is 10.1 Å². The predicted molar refractivity (Wildman–Crippen MR) is 166 cm³/mol. The summed E-state index contributed by atoms with van der Waals surface area (Å²) < 4.78 is 43.4. The summed E-state index contributed by atoms with van der Waals surface area (Å²) in [7, 11) is 1.86. The number of piperidine rings is 1. The molecule has 1 amide bonds. The molecule has 0 spiro atoms. The average Bonchev–Trinajstić information content (AvgIpc) is 3.74. The quantitative estimate of drug-likeness (QED) is 0.191. The molecule has 3 aromatic heterocycles. The number of amides is 1. The molecule has 0 unspecified atom stereocenters. The van der Waals surface area contributed by atoms with Gasteiger partial charge in [-0.1, -0.05) is 23.7 Å². The molecule has 9 nitrogen and oxygen atoms in total. The van der Waals surface area contributed by atoms with E-state index in [0.717, 1.165) is 22.2 Å². The summed E-state index contributed by atoms with van der Waals surface area (Å²) in [5.74, 6) is -0.978. The van der Waals surface area contributed by atoms with Crippen molar-refractivity contribution in [2.75, 3.05) is 26.3 Å². The van der Waals surface area contributed by atoms with Gasteiger partial charge in [0.1, 0.15) is 40.8 Å². The monoisotopic (exact) mass is 640 g/mol. The molecule has 230 valence electrons. The SMILES string of the molecule is C[C@@H](Oc1cc(-n2cnc3cc(-c4cnn(C)c4)ccc32)sc1C(N)=O)c1ccc(F)c(OC2CCN(CCF)CC2)c1Cl. The van der Waals surface area contributed by atoms with Crippen LogP contribution in [0.5, 0.6) is 11.5 Å². The van der Waals surface area contributed by atoms with E-state index in [9.17, 15) is 13.6 Å². The molecular weight excluding hydrogens is 610 g/mol. The van der Waals surface area contributed by atoms with Crippen molar-refractivity contribution in [2.45, 2.75) is 32.0 Å². The average molecular weight is 641 g/mol. The summed E-state index contributed by atoms with van der Waals surface area (Å²) in [5, 5.41) is 5.03. The van der Waals surface area contributed by atoms with E-state index in [1.165, 1.54) is 17.4 Å². The van der Waals surface area contributed by atoms with Gasteiger partial charge in [-0.25, -0.2) is 13.8 Å². The van der Waals surface area contributed by atoms with E-state index >= 15 is 0 Å². The Bertz CT molecular complexity index is 1810. The lowest BCUT2D eigenvalue weighted by Crippen LogP contribution is -2.39. The zero-order valence-corrected chi connectivity index (χ0v) is 25.7. The van der Waals surface area contributed by atoms with Gasteiger partial charge in [0.2, 0.25) is 0 Å². The van der Waals surface area contributed by atoms with Crippen LogP contribution < -0.4 is 15.2 Å². The first-order valence-corrected chi connectivity index (χ1v) is 15.4. The molecule has 1 fully saturated rings. The van der Waals surface area contributed by atoms with Gasteiger partial charge in [-0.05, 0) is 43.5 Å². The number of likely N-dealkylation sites (tertiary alicyclic amines) is 1. The number of aromatic nitrogens is 4. The molecule has 0 aliphatic carbocycles. The number of carbonyl (C=O) groups excluding carboxylic acids is 1. The third kappa shape index (κ3) is 6.01. The van der Waals surface area contributed by atoms with Crippen molar-refractivity contribution in [1.29, 1.82) is 0 Å². The molecule has 4 heterocycles. The number of halogens is 3. The Labute approximate surface area is 261 Å². The topological polar surface area (TPSA) is 100 Å². The highest BCUT2D eigenvalue weighted by atomic mass is 35.5. The molecule has 1 aliphatic rings. The van der Waals surface area contributed by atoms with Gasteiger partial charge in [-0.2, -0.15) is 5.10 Å². The van der Waals surface area contributed by atoms with Gasteiger partial charge in [0.05, 0.1) is 22.3 Å². The molecule has 0 saturated carbocycles. The number of carbonyl (C=O) groups is 1. The molecule has 6 rings (SSSR count). The summed E-state index contributed by atoms with van der Waals surface area (Å²) in [6.07, 6.45) is 5.78. The number of imidazole rings is 1. The third-order valence-corrected chi connectivity index (χ3v) is 9.29. The Morgan fingerprint density at radius 1 is 1.20 bits per heavy atom. The van der Waals surface area contributed by atoms with Crippen LogP contribution in [0.25, 0.3) is 27.2 Å². The smallest absolute Gasteiger partial charge is 0.262 e. The number of nitrogens with zero attached hydrogens (tertiary/aromatic N) is 5. The number of primary amides is 1. The van der Waals surface area contributed by atoms with Crippen molar-refractivity contribution in [3.05, 3.63) is 76.4 Å². The van der Waals surface area contributed by atoms with Crippen LogP contribution in [-0.2, 0) is 7.05 Å². The number of rotatable bonds is 10. The zero-order chi connectivity index (χ0) is 31.0. The molecule has 1 aliphatic heterocycles. The highest BCUT2D eigenvalue weighted by Gasteiger charge is 2.26. The van der Waals surface area contributed by atoms with Crippen molar-refractivity contribution in [3.8, 4) is 27.6 Å². The highest BCUT2D eigenvalue weighted by molar-refractivity contribution is 7.16. The third-order valence-electron chi connectivity index (χ3n) is 7.77. The Kier molecular flexibility index (Phi) is 8.57. The van der Waals surface area contributed by atoms with Gasteiger partial charge >= 0.3 is 0 Å². The molecule has 1 saturated heterocycles. The number of thiophene rings is 1. The lowest BCUT2D eigenvalue weighted by atomic mass is 10.1. The molecular formula is C31H31ClF2N6O3S. The summed E-state index contributed by atoms with van der Waals surface area (Å²) >= 11 is 7.86. The van der Waals surface area contributed by atoms with E-state index in [4.69, 9.17) is 26.8 Å². The van der Waals surface area contributed by atoms with Crippen LogP contribution in [0.4, 0.5) is 8.78 Å². The molecule has 2 aromatic carbocycles. The van der Waals surface area contributed by atoms with Gasteiger partial charge in [0.25, 0.3) is 5.91 Å². The Morgan fingerprint density at radius 3 is 2.70 bits per heavy atom. The van der Waals surface area contributed by atoms with Crippen molar-refractivity contribution >= 4 is 39.9 Å². The molecule has 13 heteroatoms. The molecule has 44 heavy (non-hydrogen) atoms. The molecule has 1 atom stereocenters. The van der Waals surface area contributed by atoms with Crippen molar-refractivity contribution < 1.29 is 23.0 Å². The van der Waals surface area contributed by atoms with Crippen LogP contribution in [0, 0.1) is 5.82 Å². The number of nitrogens with two attached hydrogens (primary N) is 1. The molecule has 5 aromatic rings. The maximum Gasteiger partial charge on any atom is 0.262 e. The number of fused-ring (bicyclic) bond motifs is 1. The maximum absolute atomic E-state index is 14.9. The number of ether oxygens (including phenoxy) is 2. The second-order valence-electron chi connectivity index (χ2n) is 10.8. The first-order valence-electron chi connectivity index (χ1n) is 14.2. The highest BCUT2D eigenvalue weighted by Crippen LogP contribution is 2.40. The summed E-state index contributed by atoms with van der Waals surface area (Å²) in [6.45, 7) is 3.07. The van der Waals surface area contributed by atoms with Crippen molar-refractivity contribution in [1.82, 2.24) is 24.2 Å². The molecule has 0 radical (unpaired) electrons. The second kappa shape index (κ2) is 12.5. The Balaban J connectivity index is 1.23. The normalized spacial score (nSPS) is 15.1.